The quantitative estimate of drug-likeness (QED) is 0.295. The Morgan fingerprint density at radius 1 is 1.00 bits per heavy atom. The van der Waals surface area contributed by atoms with Gasteiger partial charge in [-0.1, -0.05) is 49.9 Å². The molecule has 2 heteroatoms. The molecule has 0 bridgehead atoms. The largest absolute Gasteiger partial charge is 0.423 e. The molecule has 0 atom stereocenters. The third-order valence-corrected chi connectivity index (χ3v) is 3.62. The molecule has 0 saturated carbocycles. The smallest absolute Gasteiger partial charge is 0.338 e. The normalized spacial score (nSPS) is 10.7. The minimum absolute atomic E-state index is 0.363. The highest BCUT2D eigenvalue weighted by Crippen LogP contribution is 2.30. The van der Waals surface area contributed by atoms with E-state index in [1.165, 1.54) is 5.39 Å². The molecule has 0 fully saturated rings. The molecule has 0 amide bonds. The number of rotatable bonds is 3. The van der Waals surface area contributed by atoms with Gasteiger partial charge in [0.25, 0.3) is 0 Å². The Kier molecular flexibility index (Phi) is 3.44. The number of esters is 1. The zero-order valence-corrected chi connectivity index (χ0v) is 11.9. The van der Waals surface area contributed by atoms with E-state index in [0.717, 1.165) is 16.2 Å². The van der Waals surface area contributed by atoms with Gasteiger partial charge in [0.2, 0.25) is 0 Å². The number of carbonyl (C=O) groups is 1. The van der Waals surface area contributed by atoms with Gasteiger partial charge in [-0.25, -0.2) is 4.79 Å². The van der Waals surface area contributed by atoms with Gasteiger partial charge in [-0.05, 0) is 40.8 Å². The van der Waals surface area contributed by atoms with Gasteiger partial charge < -0.3 is 4.74 Å². The maximum Gasteiger partial charge on any atom is 0.338 e. The van der Waals surface area contributed by atoms with Crippen molar-refractivity contribution in [2.45, 2.75) is 13.3 Å². The lowest BCUT2D eigenvalue weighted by molar-refractivity contribution is -0.130. The van der Waals surface area contributed by atoms with Crippen LogP contribution in [0.3, 0.4) is 0 Å². The fraction of sp³-hybridized carbons (Fsp3) is 0.105. The fourth-order valence-electron chi connectivity index (χ4n) is 2.34. The first-order valence-corrected chi connectivity index (χ1v) is 7.00. The molecule has 21 heavy (non-hydrogen) atoms. The molecule has 3 aromatic rings. The molecule has 3 rings (SSSR count). The van der Waals surface area contributed by atoms with Gasteiger partial charge in [0.15, 0.2) is 0 Å². The van der Waals surface area contributed by atoms with Crippen molar-refractivity contribution in [1.82, 2.24) is 0 Å². The number of ether oxygens (including phenoxy) is 1. The zero-order chi connectivity index (χ0) is 14.8. The topological polar surface area (TPSA) is 26.3 Å². The highest BCUT2D eigenvalue weighted by molar-refractivity contribution is 6.02. The van der Waals surface area contributed by atoms with E-state index >= 15 is 0 Å². The average molecular weight is 276 g/mol. The Morgan fingerprint density at radius 2 is 1.67 bits per heavy atom. The highest BCUT2D eigenvalue weighted by Gasteiger charge is 2.11. The van der Waals surface area contributed by atoms with Gasteiger partial charge in [-0.3, -0.25) is 0 Å². The summed E-state index contributed by atoms with van der Waals surface area (Å²) in [5.41, 5.74) is 0.479. The second-order valence-corrected chi connectivity index (χ2v) is 5.02. The van der Waals surface area contributed by atoms with Crippen LogP contribution in [0.1, 0.15) is 13.3 Å². The first kappa shape index (κ1) is 13.4. The predicted octanol–water partition coefficient (Wildman–Crippen LogP) is 4.86. The first-order chi connectivity index (χ1) is 10.2. The zero-order valence-electron chi connectivity index (χ0n) is 11.9. The molecule has 0 saturated heterocycles. The summed E-state index contributed by atoms with van der Waals surface area (Å²) < 4.78 is 5.49. The van der Waals surface area contributed by atoms with E-state index < -0.39 is 0 Å². The standard InChI is InChI=1S/C19H16O2/c1-3-13(2)19(20)21-18-10-6-9-16-11-14-7-4-5-8-15(14)12-17(16)18/h4-12H,2-3H2,1H3. The highest BCUT2D eigenvalue weighted by atomic mass is 16.5. The molecule has 0 aromatic heterocycles. The van der Waals surface area contributed by atoms with Gasteiger partial charge in [0.1, 0.15) is 5.75 Å². The van der Waals surface area contributed by atoms with Crippen LogP contribution in [0.2, 0.25) is 0 Å². The molecular weight excluding hydrogens is 260 g/mol. The average Bonchev–Trinajstić information content (AvgIpc) is 2.52. The van der Waals surface area contributed by atoms with Gasteiger partial charge in [0, 0.05) is 11.0 Å². The molecule has 0 aliphatic carbocycles. The predicted molar refractivity (Wildman–Crippen MR) is 86.5 cm³/mol. The van der Waals surface area contributed by atoms with E-state index in [4.69, 9.17) is 4.74 Å². The lowest BCUT2D eigenvalue weighted by atomic mass is 10.0. The summed E-state index contributed by atoms with van der Waals surface area (Å²) in [7, 11) is 0. The van der Waals surface area contributed by atoms with Crippen LogP contribution < -0.4 is 4.74 Å². The van der Waals surface area contributed by atoms with Crippen LogP contribution in [0.15, 0.2) is 66.7 Å². The minimum Gasteiger partial charge on any atom is -0.423 e. The summed E-state index contributed by atoms with van der Waals surface area (Å²) in [4.78, 5) is 11.9. The molecule has 0 heterocycles. The van der Waals surface area contributed by atoms with Gasteiger partial charge in [0.05, 0.1) is 0 Å². The van der Waals surface area contributed by atoms with E-state index in [-0.39, 0.29) is 5.97 Å². The van der Waals surface area contributed by atoms with Crippen molar-refractivity contribution in [2.24, 2.45) is 0 Å². The Bertz CT molecular complexity index is 846. The Balaban J connectivity index is 2.12. The summed E-state index contributed by atoms with van der Waals surface area (Å²) in [5, 5.41) is 4.30. The molecule has 0 spiro atoms. The molecule has 0 N–H and O–H groups in total. The summed E-state index contributed by atoms with van der Waals surface area (Å²) in [6.45, 7) is 5.61. The summed E-state index contributed by atoms with van der Waals surface area (Å²) in [6, 6.07) is 18.1. The lowest BCUT2D eigenvalue weighted by Crippen LogP contribution is -2.09. The SMILES string of the molecule is C=C(CC)C(=O)Oc1cccc2cc3ccccc3cc12. The Morgan fingerprint density at radius 3 is 2.38 bits per heavy atom. The summed E-state index contributed by atoms with van der Waals surface area (Å²) in [5.74, 6) is 0.219. The Hall–Kier alpha value is -2.61. The van der Waals surface area contributed by atoms with Crippen molar-refractivity contribution in [3.63, 3.8) is 0 Å². The van der Waals surface area contributed by atoms with Crippen LogP contribution in [-0.4, -0.2) is 5.97 Å². The van der Waals surface area contributed by atoms with Crippen molar-refractivity contribution < 1.29 is 9.53 Å². The lowest BCUT2D eigenvalue weighted by Gasteiger charge is -2.09. The monoisotopic (exact) mass is 276 g/mol. The van der Waals surface area contributed by atoms with E-state index in [1.807, 2.05) is 37.3 Å². The third-order valence-electron chi connectivity index (χ3n) is 3.62. The van der Waals surface area contributed by atoms with E-state index in [1.54, 1.807) is 0 Å². The van der Waals surface area contributed by atoms with Crippen LogP contribution >= 0.6 is 0 Å². The molecule has 3 aromatic carbocycles. The maximum atomic E-state index is 11.9. The molecule has 104 valence electrons. The molecule has 2 nitrogen and oxygen atoms in total. The minimum atomic E-state index is -0.363. The molecule has 0 radical (unpaired) electrons. The van der Waals surface area contributed by atoms with Crippen molar-refractivity contribution in [3.8, 4) is 5.75 Å². The van der Waals surface area contributed by atoms with Crippen LogP contribution in [-0.2, 0) is 4.79 Å². The van der Waals surface area contributed by atoms with E-state index in [9.17, 15) is 4.79 Å². The fourth-order valence-corrected chi connectivity index (χ4v) is 2.34. The second-order valence-electron chi connectivity index (χ2n) is 5.02. The number of hydrogen-bond donors (Lipinski definition) is 0. The van der Waals surface area contributed by atoms with Gasteiger partial charge in [-0.15, -0.1) is 0 Å². The number of hydrogen-bond acceptors (Lipinski definition) is 2. The Labute approximate surface area is 123 Å². The summed E-state index contributed by atoms with van der Waals surface area (Å²) >= 11 is 0. The van der Waals surface area contributed by atoms with Crippen LogP contribution in [0.5, 0.6) is 5.75 Å². The van der Waals surface area contributed by atoms with Crippen LogP contribution in [0.4, 0.5) is 0 Å². The molecule has 0 aliphatic heterocycles. The van der Waals surface area contributed by atoms with Crippen molar-refractivity contribution >= 4 is 27.5 Å². The number of benzene rings is 3. The van der Waals surface area contributed by atoms with Crippen molar-refractivity contribution in [2.75, 3.05) is 0 Å². The van der Waals surface area contributed by atoms with E-state index in [2.05, 4.69) is 30.8 Å². The molecular formula is C19H16O2. The first-order valence-electron chi connectivity index (χ1n) is 7.00. The molecule has 0 unspecified atom stereocenters. The number of fused-ring (bicyclic) bond motifs is 2. The van der Waals surface area contributed by atoms with Gasteiger partial charge >= 0.3 is 5.97 Å². The van der Waals surface area contributed by atoms with Crippen molar-refractivity contribution in [3.05, 3.63) is 66.7 Å². The molecule has 0 aliphatic rings. The summed E-state index contributed by atoms with van der Waals surface area (Å²) in [6.07, 6.45) is 0.590. The number of carbonyl (C=O) groups excluding carboxylic acids is 1. The van der Waals surface area contributed by atoms with Gasteiger partial charge in [-0.2, -0.15) is 0 Å². The van der Waals surface area contributed by atoms with Crippen LogP contribution in [0, 0.1) is 0 Å². The maximum absolute atomic E-state index is 11.9. The third kappa shape index (κ3) is 2.52. The van der Waals surface area contributed by atoms with Crippen LogP contribution in [0.25, 0.3) is 21.5 Å². The second kappa shape index (κ2) is 5.41. The van der Waals surface area contributed by atoms with E-state index in [0.29, 0.717) is 17.7 Å². The van der Waals surface area contributed by atoms with Crippen molar-refractivity contribution in [1.29, 1.82) is 0 Å².